The minimum absolute atomic E-state index is 0.295. The number of alkyl halides is 3. The maximum absolute atomic E-state index is 12.5. The molecule has 3 aromatic rings. The summed E-state index contributed by atoms with van der Waals surface area (Å²) in [5.74, 6) is -0.804. The number of halogens is 3. The Hall–Kier alpha value is -3.34. The fraction of sp³-hybridized carbons (Fsp3) is 0.350. The number of aliphatic carboxylic acids is 1. The molecule has 4 rings (SSSR count). The topological polar surface area (TPSA) is 92.0 Å². The van der Waals surface area contributed by atoms with Gasteiger partial charge in [-0.25, -0.2) is 9.50 Å². The third kappa shape index (κ3) is 5.05. The Bertz CT molecular complexity index is 1080. The van der Waals surface area contributed by atoms with Gasteiger partial charge in [0.25, 0.3) is 0 Å². The lowest BCUT2D eigenvalue weighted by Gasteiger charge is -2.30. The van der Waals surface area contributed by atoms with Crippen molar-refractivity contribution in [3.05, 3.63) is 42.6 Å². The number of nitrogens with zero attached hydrogens (tertiary/aromatic N) is 4. The van der Waals surface area contributed by atoms with Gasteiger partial charge in [-0.3, -0.25) is 9.69 Å². The van der Waals surface area contributed by atoms with Gasteiger partial charge in [-0.2, -0.15) is 0 Å². The van der Waals surface area contributed by atoms with Crippen LogP contribution in [-0.2, 0) is 4.79 Å². The summed E-state index contributed by atoms with van der Waals surface area (Å²) >= 11 is 0. The zero-order valence-corrected chi connectivity index (χ0v) is 16.3. The predicted octanol–water partition coefficient (Wildman–Crippen LogP) is 3.46. The normalized spacial score (nSPS) is 15.8. The second-order valence-electron chi connectivity index (χ2n) is 7.27. The minimum atomic E-state index is -4.77. The number of hydrogen-bond donors (Lipinski definition) is 2. The highest BCUT2D eigenvalue weighted by molar-refractivity contribution is 5.70. The summed E-state index contributed by atoms with van der Waals surface area (Å²) in [4.78, 5) is 17.4. The number of imidazole rings is 1. The first-order chi connectivity index (χ1) is 14.8. The molecule has 0 spiro atoms. The number of carboxylic acid groups (broad SMARTS) is 1. The number of ether oxygens (including phenoxy) is 1. The van der Waals surface area contributed by atoms with Crippen molar-refractivity contribution in [3.8, 4) is 17.0 Å². The molecule has 31 heavy (non-hydrogen) atoms. The Balaban J connectivity index is 1.48. The van der Waals surface area contributed by atoms with Crippen LogP contribution in [0, 0.1) is 5.92 Å². The predicted molar refractivity (Wildman–Crippen MR) is 106 cm³/mol. The van der Waals surface area contributed by atoms with E-state index in [9.17, 15) is 18.0 Å². The summed E-state index contributed by atoms with van der Waals surface area (Å²) < 4.78 is 43.1. The molecule has 1 aliphatic heterocycles. The third-order valence-electron chi connectivity index (χ3n) is 5.15. The van der Waals surface area contributed by atoms with Crippen LogP contribution < -0.4 is 10.1 Å². The molecule has 0 amide bonds. The maximum Gasteiger partial charge on any atom is 0.573 e. The van der Waals surface area contributed by atoms with E-state index in [0.717, 1.165) is 0 Å². The molecule has 0 aliphatic carbocycles. The highest BCUT2D eigenvalue weighted by Crippen LogP contribution is 2.28. The van der Waals surface area contributed by atoms with Gasteiger partial charge < -0.3 is 15.2 Å². The van der Waals surface area contributed by atoms with E-state index < -0.39 is 12.3 Å². The van der Waals surface area contributed by atoms with Crippen LogP contribution in [0.4, 0.5) is 19.0 Å². The Morgan fingerprint density at radius 1 is 1.23 bits per heavy atom. The van der Waals surface area contributed by atoms with E-state index in [1.807, 2.05) is 0 Å². The molecule has 1 fully saturated rings. The lowest BCUT2D eigenvalue weighted by Crippen LogP contribution is -2.39. The van der Waals surface area contributed by atoms with Crippen molar-refractivity contribution in [3.63, 3.8) is 0 Å². The van der Waals surface area contributed by atoms with Gasteiger partial charge in [-0.15, -0.1) is 18.3 Å². The van der Waals surface area contributed by atoms with E-state index in [2.05, 4.69) is 25.0 Å². The number of anilines is 1. The Kier molecular flexibility index (Phi) is 5.68. The molecule has 0 unspecified atom stereocenters. The lowest BCUT2D eigenvalue weighted by molar-refractivity contribution is -0.274. The van der Waals surface area contributed by atoms with Crippen LogP contribution in [0.15, 0.2) is 42.6 Å². The largest absolute Gasteiger partial charge is 0.573 e. The molecule has 3 heterocycles. The number of benzene rings is 1. The number of aromatic nitrogens is 3. The quantitative estimate of drug-likeness (QED) is 0.613. The molecule has 1 saturated heterocycles. The van der Waals surface area contributed by atoms with Crippen molar-refractivity contribution in [2.75, 3.05) is 25.1 Å². The third-order valence-corrected chi connectivity index (χ3v) is 5.15. The molecular formula is C20H20F3N5O3. The number of carbonyl (C=O) groups is 1. The summed E-state index contributed by atoms with van der Waals surface area (Å²) in [7, 11) is 0. The van der Waals surface area contributed by atoms with Crippen LogP contribution in [0.5, 0.6) is 5.75 Å². The first-order valence-corrected chi connectivity index (χ1v) is 9.68. The smallest absolute Gasteiger partial charge is 0.481 e. The van der Waals surface area contributed by atoms with Gasteiger partial charge in [0.15, 0.2) is 5.65 Å². The molecule has 0 bridgehead atoms. The van der Waals surface area contributed by atoms with Crippen LogP contribution in [0.1, 0.15) is 12.8 Å². The van der Waals surface area contributed by atoms with Crippen LogP contribution in [0.2, 0.25) is 0 Å². The zero-order valence-electron chi connectivity index (χ0n) is 16.3. The summed E-state index contributed by atoms with van der Waals surface area (Å²) in [5.41, 5.74) is 1.55. The standard InChI is InChI=1S/C20H20F3N5O3/c21-20(22,23)31-15-3-1-2-14(10-15)16-11-24-18-5-4-17(26-28(16)18)25-12-27-8-6-13(7-9-27)19(29)30/h1-5,10-11,13H,6-9,12H2,(H,25,26)(H,29,30). The van der Waals surface area contributed by atoms with Crippen LogP contribution in [0.3, 0.4) is 0 Å². The fourth-order valence-corrected chi connectivity index (χ4v) is 3.55. The summed E-state index contributed by atoms with van der Waals surface area (Å²) in [6.45, 7) is 1.85. The SMILES string of the molecule is O=C(O)C1CCN(CNc2ccc3ncc(-c4cccc(OC(F)(F)F)c4)n3n2)CC1. The van der Waals surface area contributed by atoms with Crippen molar-refractivity contribution in [2.45, 2.75) is 19.2 Å². The molecule has 2 N–H and O–H groups in total. The monoisotopic (exact) mass is 435 g/mol. The Labute approximate surface area is 175 Å². The lowest BCUT2D eigenvalue weighted by atomic mass is 9.97. The van der Waals surface area contributed by atoms with E-state index in [4.69, 9.17) is 5.11 Å². The molecule has 1 aromatic carbocycles. The van der Waals surface area contributed by atoms with Gasteiger partial charge in [0.05, 0.1) is 24.5 Å². The van der Waals surface area contributed by atoms with Gasteiger partial charge in [0.1, 0.15) is 11.6 Å². The van der Waals surface area contributed by atoms with Gasteiger partial charge in [0, 0.05) is 18.7 Å². The van der Waals surface area contributed by atoms with Crippen LogP contribution in [0.25, 0.3) is 16.9 Å². The van der Waals surface area contributed by atoms with Gasteiger partial charge in [0.2, 0.25) is 0 Å². The molecule has 0 saturated carbocycles. The van der Waals surface area contributed by atoms with Crippen molar-refractivity contribution < 1.29 is 27.8 Å². The molecule has 164 valence electrons. The van der Waals surface area contributed by atoms with Gasteiger partial charge >= 0.3 is 12.3 Å². The van der Waals surface area contributed by atoms with E-state index in [0.29, 0.717) is 55.3 Å². The van der Waals surface area contributed by atoms with E-state index >= 15 is 0 Å². The number of piperidine rings is 1. The molecule has 1 aliphatic rings. The highest BCUT2D eigenvalue weighted by atomic mass is 19.4. The second kappa shape index (κ2) is 8.42. The summed E-state index contributed by atoms with van der Waals surface area (Å²) in [6.07, 6.45) is -2.03. The van der Waals surface area contributed by atoms with Crippen molar-refractivity contribution >= 4 is 17.4 Å². The van der Waals surface area contributed by atoms with Crippen LogP contribution in [-0.4, -0.2) is 56.7 Å². The van der Waals surface area contributed by atoms with Crippen molar-refractivity contribution in [2.24, 2.45) is 5.92 Å². The second-order valence-corrected chi connectivity index (χ2v) is 7.27. The maximum atomic E-state index is 12.5. The molecule has 0 atom stereocenters. The van der Waals surface area contributed by atoms with Crippen molar-refractivity contribution in [1.82, 2.24) is 19.5 Å². The number of hydrogen-bond acceptors (Lipinski definition) is 6. The van der Waals surface area contributed by atoms with Gasteiger partial charge in [-0.1, -0.05) is 12.1 Å². The van der Waals surface area contributed by atoms with E-state index in [1.165, 1.54) is 24.4 Å². The first-order valence-electron chi connectivity index (χ1n) is 9.68. The Morgan fingerprint density at radius 2 is 2.00 bits per heavy atom. The summed E-state index contributed by atoms with van der Waals surface area (Å²) in [6, 6.07) is 9.16. The number of carboxylic acids is 1. The number of likely N-dealkylation sites (tertiary alicyclic amines) is 1. The number of rotatable bonds is 6. The number of nitrogens with one attached hydrogen (secondary N) is 1. The molecule has 2 aromatic heterocycles. The average Bonchev–Trinajstić information content (AvgIpc) is 3.15. The summed E-state index contributed by atoms with van der Waals surface area (Å²) in [5, 5.41) is 16.8. The average molecular weight is 435 g/mol. The van der Waals surface area contributed by atoms with Crippen molar-refractivity contribution in [1.29, 1.82) is 0 Å². The first kappa shape index (κ1) is 20.9. The van der Waals surface area contributed by atoms with E-state index in [-0.39, 0.29) is 11.7 Å². The van der Waals surface area contributed by atoms with Crippen LogP contribution >= 0.6 is 0 Å². The number of fused-ring (bicyclic) bond motifs is 1. The zero-order chi connectivity index (χ0) is 22.0. The minimum Gasteiger partial charge on any atom is -0.481 e. The van der Waals surface area contributed by atoms with Gasteiger partial charge in [-0.05, 0) is 37.1 Å². The molecule has 0 radical (unpaired) electrons. The fourth-order valence-electron chi connectivity index (χ4n) is 3.55. The highest BCUT2D eigenvalue weighted by Gasteiger charge is 2.31. The van der Waals surface area contributed by atoms with E-state index in [1.54, 1.807) is 22.7 Å². The molecular weight excluding hydrogens is 415 g/mol. The molecule has 11 heteroatoms. The molecule has 8 nitrogen and oxygen atoms in total. The Morgan fingerprint density at radius 3 is 2.71 bits per heavy atom.